The molecule has 1 amide bonds. The number of fused-ring (bicyclic) bond motifs is 2. The predicted molar refractivity (Wildman–Crippen MR) is 130 cm³/mol. The van der Waals surface area contributed by atoms with Crippen LogP contribution in [0, 0.1) is 6.92 Å². The number of aryl methyl sites for hydroxylation is 1. The number of rotatable bonds is 9. The number of carbonyl (C=O) groups excluding carboxylic acids is 1. The zero-order chi connectivity index (χ0) is 23.5. The van der Waals surface area contributed by atoms with E-state index in [2.05, 4.69) is 25.7 Å². The Morgan fingerprint density at radius 1 is 1.06 bits per heavy atom. The molecule has 0 bridgehead atoms. The van der Waals surface area contributed by atoms with Crippen molar-refractivity contribution < 1.29 is 13.9 Å². The molecule has 0 saturated carbocycles. The highest BCUT2D eigenvalue weighted by atomic mass is 16.5. The van der Waals surface area contributed by atoms with Gasteiger partial charge in [0, 0.05) is 13.1 Å². The molecule has 1 aliphatic rings. The summed E-state index contributed by atoms with van der Waals surface area (Å²) in [6, 6.07) is 12.7. The molecule has 0 saturated heterocycles. The van der Waals surface area contributed by atoms with Crippen molar-refractivity contribution in [2.75, 3.05) is 32.8 Å². The van der Waals surface area contributed by atoms with Gasteiger partial charge in [0.2, 0.25) is 5.76 Å². The number of ether oxygens (including phenoxy) is 1. The molecule has 1 atom stereocenters. The summed E-state index contributed by atoms with van der Waals surface area (Å²) in [6.07, 6.45) is 0.903. The highest BCUT2D eigenvalue weighted by Crippen LogP contribution is 2.39. The van der Waals surface area contributed by atoms with Crippen molar-refractivity contribution in [2.45, 2.75) is 40.2 Å². The lowest BCUT2D eigenvalue weighted by molar-refractivity contribution is 0.0708. The van der Waals surface area contributed by atoms with E-state index in [9.17, 15) is 9.59 Å². The van der Waals surface area contributed by atoms with Gasteiger partial charge in [0.05, 0.1) is 23.6 Å². The Hall–Kier alpha value is -3.12. The van der Waals surface area contributed by atoms with Crippen LogP contribution in [0.15, 0.2) is 51.7 Å². The van der Waals surface area contributed by atoms with Gasteiger partial charge in [-0.05, 0) is 56.3 Å². The first kappa shape index (κ1) is 23.1. The normalized spacial score (nSPS) is 15.5. The Balaban J connectivity index is 1.85. The first-order chi connectivity index (χ1) is 16.0. The van der Waals surface area contributed by atoms with E-state index in [1.807, 2.05) is 43.3 Å². The van der Waals surface area contributed by atoms with E-state index in [0.717, 1.165) is 42.9 Å². The molecule has 2 aromatic carbocycles. The molecular formula is C27H32N2O4. The van der Waals surface area contributed by atoms with Crippen LogP contribution in [-0.2, 0) is 0 Å². The average molecular weight is 449 g/mol. The quantitative estimate of drug-likeness (QED) is 0.472. The summed E-state index contributed by atoms with van der Waals surface area (Å²) in [5.41, 5.74) is 2.56. The molecule has 6 nitrogen and oxygen atoms in total. The largest absolute Gasteiger partial charge is 0.494 e. The van der Waals surface area contributed by atoms with E-state index in [1.54, 1.807) is 11.0 Å². The molecule has 0 unspecified atom stereocenters. The molecule has 0 spiro atoms. The highest BCUT2D eigenvalue weighted by molar-refractivity contribution is 5.99. The van der Waals surface area contributed by atoms with E-state index in [4.69, 9.17) is 9.15 Å². The summed E-state index contributed by atoms with van der Waals surface area (Å²) < 4.78 is 11.9. The van der Waals surface area contributed by atoms with Crippen molar-refractivity contribution in [3.63, 3.8) is 0 Å². The number of benzene rings is 2. The molecule has 1 aliphatic heterocycles. The minimum absolute atomic E-state index is 0.140. The summed E-state index contributed by atoms with van der Waals surface area (Å²) >= 11 is 0. The number of hydrogen-bond acceptors (Lipinski definition) is 5. The van der Waals surface area contributed by atoms with Gasteiger partial charge < -0.3 is 19.0 Å². The van der Waals surface area contributed by atoms with Crippen molar-refractivity contribution in [3.05, 3.63) is 75.1 Å². The Morgan fingerprint density at radius 3 is 2.58 bits per heavy atom. The topological polar surface area (TPSA) is 63.0 Å². The fourth-order valence-electron chi connectivity index (χ4n) is 4.49. The third-order valence-electron chi connectivity index (χ3n) is 6.32. The van der Waals surface area contributed by atoms with Gasteiger partial charge in [-0.2, -0.15) is 0 Å². The van der Waals surface area contributed by atoms with Crippen LogP contribution in [0.25, 0.3) is 11.0 Å². The average Bonchev–Trinajstić information content (AvgIpc) is 3.11. The zero-order valence-corrected chi connectivity index (χ0v) is 19.9. The minimum atomic E-state index is -0.505. The number of nitrogens with zero attached hydrogens (tertiary/aromatic N) is 2. The molecule has 174 valence electrons. The molecule has 1 aromatic heterocycles. The fourth-order valence-corrected chi connectivity index (χ4v) is 4.49. The molecule has 2 heterocycles. The predicted octanol–water partition coefficient (Wildman–Crippen LogP) is 4.78. The highest BCUT2D eigenvalue weighted by Gasteiger charge is 2.42. The van der Waals surface area contributed by atoms with E-state index < -0.39 is 6.04 Å². The maximum atomic E-state index is 13.7. The van der Waals surface area contributed by atoms with Crippen LogP contribution < -0.4 is 10.2 Å². The second-order valence-corrected chi connectivity index (χ2v) is 8.52. The summed E-state index contributed by atoms with van der Waals surface area (Å²) in [4.78, 5) is 31.3. The van der Waals surface area contributed by atoms with Crippen LogP contribution >= 0.6 is 0 Å². The molecule has 0 fully saturated rings. The Bertz CT molecular complexity index is 1210. The number of hydrogen-bond donors (Lipinski definition) is 0. The zero-order valence-electron chi connectivity index (χ0n) is 19.9. The summed E-state index contributed by atoms with van der Waals surface area (Å²) in [5.74, 6) is 0.655. The lowest BCUT2D eigenvalue weighted by Gasteiger charge is -2.28. The van der Waals surface area contributed by atoms with Gasteiger partial charge in [0.1, 0.15) is 11.3 Å². The first-order valence-corrected chi connectivity index (χ1v) is 11.8. The Morgan fingerprint density at radius 2 is 1.85 bits per heavy atom. The van der Waals surface area contributed by atoms with Crippen molar-refractivity contribution in [2.24, 2.45) is 0 Å². The molecule has 4 rings (SSSR count). The second-order valence-electron chi connectivity index (χ2n) is 8.52. The molecular weight excluding hydrogens is 416 g/mol. The molecule has 33 heavy (non-hydrogen) atoms. The van der Waals surface area contributed by atoms with Gasteiger partial charge in [-0.1, -0.05) is 44.5 Å². The van der Waals surface area contributed by atoms with Crippen LogP contribution in [0.5, 0.6) is 5.75 Å². The van der Waals surface area contributed by atoms with Crippen LogP contribution in [0.4, 0.5) is 0 Å². The maximum absolute atomic E-state index is 13.7. The fraction of sp³-hybridized carbons (Fsp3) is 0.407. The van der Waals surface area contributed by atoms with Gasteiger partial charge in [-0.15, -0.1) is 0 Å². The van der Waals surface area contributed by atoms with Crippen LogP contribution in [0.2, 0.25) is 0 Å². The SMILES string of the molecule is CCCOc1cccc([C@@H]2c3c(oc4ccc(C)cc4c3=O)C(=O)N2CCN(CC)CC)c1. The minimum Gasteiger partial charge on any atom is -0.494 e. The third-order valence-corrected chi connectivity index (χ3v) is 6.32. The van der Waals surface area contributed by atoms with Crippen LogP contribution in [-0.4, -0.2) is 48.5 Å². The molecule has 0 radical (unpaired) electrons. The second kappa shape index (κ2) is 9.79. The Labute approximate surface area is 194 Å². The molecule has 0 aliphatic carbocycles. The van der Waals surface area contributed by atoms with Crippen molar-refractivity contribution in [1.82, 2.24) is 9.80 Å². The lowest BCUT2D eigenvalue weighted by Crippen LogP contribution is -2.37. The van der Waals surface area contributed by atoms with Gasteiger partial charge in [0.25, 0.3) is 5.91 Å². The standard InChI is InChI=1S/C27H32N2O4/c1-5-15-32-20-10-8-9-19(17-20)24-23-25(30)21-16-18(4)11-12-22(21)33-26(23)27(31)29(24)14-13-28(6-2)7-3/h8-12,16-17,24H,5-7,13-15H2,1-4H3/t24-/m1/s1. The van der Waals surface area contributed by atoms with Crippen LogP contribution in [0.3, 0.4) is 0 Å². The molecule has 0 N–H and O–H groups in total. The van der Waals surface area contributed by atoms with E-state index in [0.29, 0.717) is 29.7 Å². The van der Waals surface area contributed by atoms with E-state index in [1.165, 1.54) is 0 Å². The van der Waals surface area contributed by atoms with Gasteiger partial charge in [-0.3, -0.25) is 9.59 Å². The van der Waals surface area contributed by atoms with E-state index in [-0.39, 0.29) is 17.1 Å². The smallest absolute Gasteiger partial charge is 0.290 e. The Kier molecular flexibility index (Phi) is 6.84. The molecule has 6 heteroatoms. The summed E-state index contributed by atoms with van der Waals surface area (Å²) in [6.45, 7) is 11.9. The number of carbonyl (C=O) groups is 1. The lowest BCUT2D eigenvalue weighted by atomic mass is 9.98. The van der Waals surface area contributed by atoms with Gasteiger partial charge in [-0.25, -0.2) is 0 Å². The first-order valence-electron chi connectivity index (χ1n) is 11.8. The van der Waals surface area contributed by atoms with Gasteiger partial charge in [0.15, 0.2) is 5.43 Å². The molecule has 3 aromatic rings. The number of amides is 1. The van der Waals surface area contributed by atoms with Crippen molar-refractivity contribution in [1.29, 1.82) is 0 Å². The van der Waals surface area contributed by atoms with E-state index >= 15 is 0 Å². The monoisotopic (exact) mass is 448 g/mol. The van der Waals surface area contributed by atoms with Crippen molar-refractivity contribution >= 4 is 16.9 Å². The van der Waals surface area contributed by atoms with Crippen LogP contribution in [0.1, 0.15) is 60.5 Å². The third kappa shape index (κ3) is 4.40. The maximum Gasteiger partial charge on any atom is 0.290 e. The van der Waals surface area contributed by atoms with Gasteiger partial charge >= 0.3 is 0 Å². The van der Waals surface area contributed by atoms with Crippen molar-refractivity contribution in [3.8, 4) is 5.75 Å². The summed E-state index contributed by atoms with van der Waals surface area (Å²) in [5, 5.41) is 0.510. The number of likely N-dealkylation sites (N-methyl/N-ethyl adjacent to an activating group) is 1. The summed E-state index contributed by atoms with van der Waals surface area (Å²) in [7, 11) is 0.